The maximum Gasteiger partial charge on any atom is 0.340 e. The predicted molar refractivity (Wildman–Crippen MR) is 80.2 cm³/mol. The Morgan fingerprint density at radius 3 is 2.61 bits per heavy atom. The number of hydrogen-bond donors (Lipinski definition) is 2. The van der Waals surface area contributed by atoms with Crippen LogP contribution in [0, 0.1) is 18.6 Å². The van der Waals surface area contributed by atoms with E-state index in [1.165, 1.54) is 0 Å². The lowest BCUT2D eigenvalue weighted by atomic mass is 10.1. The lowest BCUT2D eigenvalue weighted by Crippen LogP contribution is -2.06. The first-order valence-electron chi connectivity index (χ1n) is 6.89. The van der Waals surface area contributed by atoms with Gasteiger partial charge in [-0.2, -0.15) is 4.39 Å². The van der Waals surface area contributed by atoms with Crippen LogP contribution >= 0.6 is 0 Å². The van der Waals surface area contributed by atoms with E-state index in [9.17, 15) is 18.7 Å². The Bertz CT molecular complexity index is 888. The van der Waals surface area contributed by atoms with Crippen LogP contribution in [0.2, 0.25) is 0 Å². The Morgan fingerprint density at radius 1 is 1.22 bits per heavy atom. The van der Waals surface area contributed by atoms with Gasteiger partial charge in [-0.3, -0.25) is 0 Å². The van der Waals surface area contributed by atoms with Gasteiger partial charge in [-0.05, 0) is 18.6 Å². The highest BCUT2D eigenvalue weighted by Gasteiger charge is 2.23. The molecule has 4 nitrogen and oxygen atoms in total. The number of fused-ring (bicyclic) bond motifs is 1. The van der Waals surface area contributed by atoms with Gasteiger partial charge in [0.2, 0.25) is 5.82 Å². The molecule has 0 spiro atoms. The average molecular weight is 317 g/mol. The molecule has 0 fully saturated rings. The molecular formula is C17H13F2NO3. The molecule has 1 heterocycles. The summed E-state index contributed by atoms with van der Waals surface area (Å²) in [7, 11) is 0. The van der Waals surface area contributed by atoms with Gasteiger partial charge in [-0.25, -0.2) is 9.18 Å². The van der Waals surface area contributed by atoms with E-state index in [0.717, 1.165) is 11.6 Å². The molecule has 0 aliphatic carbocycles. The second-order valence-electron chi connectivity index (χ2n) is 5.13. The van der Waals surface area contributed by atoms with Gasteiger partial charge < -0.3 is 14.8 Å². The lowest BCUT2D eigenvalue weighted by Gasteiger charge is -2.05. The van der Waals surface area contributed by atoms with Crippen molar-refractivity contribution in [2.24, 2.45) is 0 Å². The number of carbonyl (C=O) groups excluding carboxylic acids is 1. The van der Waals surface area contributed by atoms with E-state index in [4.69, 9.17) is 4.74 Å². The zero-order chi connectivity index (χ0) is 16.6. The van der Waals surface area contributed by atoms with Crippen LogP contribution < -0.4 is 0 Å². The zero-order valence-electron chi connectivity index (χ0n) is 12.2. The fraction of sp³-hybridized carbons (Fsp3) is 0.118. The largest absolute Gasteiger partial charge is 0.505 e. The number of halogens is 2. The molecule has 0 radical (unpaired) electrons. The van der Waals surface area contributed by atoms with Gasteiger partial charge in [0.1, 0.15) is 6.61 Å². The van der Waals surface area contributed by atoms with E-state index < -0.39 is 23.4 Å². The van der Waals surface area contributed by atoms with Crippen molar-refractivity contribution in [2.75, 3.05) is 0 Å². The van der Waals surface area contributed by atoms with Crippen LogP contribution in [0.25, 0.3) is 10.9 Å². The predicted octanol–water partition coefficient (Wildman–Crippen LogP) is 3.82. The third-order valence-corrected chi connectivity index (χ3v) is 3.56. The summed E-state index contributed by atoms with van der Waals surface area (Å²) in [4.78, 5) is 14.9. The first-order valence-corrected chi connectivity index (χ1v) is 6.89. The Balaban J connectivity index is 1.96. The van der Waals surface area contributed by atoms with Gasteiger partial charge in [0, 0.05) is 11.1 Å². The van der Waals surface area contributed by atoms with E-state index >= 15 is 0 Å². The number of H-pyrrole nitrogens is 1. The molecule has 118 valence electrons. The number of benzene rings is 2. The number of rotatable bonds is 3. The molecule has 2 N–H and O–H groups in total. The molecule has 0 atom stereocenters. The van der Waals surface area contributed by atoms with Gasteiger partial charge >= 0.3 is 5.97 Å². The number of hydrogen-bond acceptors (Lipinski definition) is 3. The third kappa shape index (κ3) is 2.63. The standard InChI is InChI=1S/C17H13F2NO3/c1-9-13(17(22)23-8-10-5-3-2-4-6-10)11-7-12(21)14(18)15(19)16(11)20-9/h2-7,20-21H,8H2,1H3. The molecule has 1 aromatic heterocycles. The summed E-state index contributed by atoms with van der Waals surface area (Å²) in [5, 5.41) is 9.52. The molecule has 3 aromatic rings. The second-order valence-corrected chi connectivity index (χ2v) is 5.13. The van der Waals surface area contributed by atoms with E-state index in [2.05, 4.69) is 4.98 Å². The van der Waals surface area contributed by atoms with E-state index in [0.29, 0.717) is 5.69 Å². The van der Waals surface area contributed by atoms with Gasteiger partial charge in [0.15, 0.2) is 11.6 Å². The highest BCUT2D eigenvalue weighted by molar-refractivity contribution is 6.06. The molecule has 0 bridgehead atoms. The number of aromatic nitrogens is 1. The summed E-state index contributed by atoms with van der Waals surface area (Å²) >= 11 is 0. The SMILES string of the molecule is Cc1[nH]c2c(F)c(F)c(O)cc2c1C(=O)OCc1ccccc1. The van der Waals surface area contributed by atoms with E-state index in [1.54, 1.807) is 19.1 Å². The highest BCUT2D eigenvalue weighted by Crippen LogP contribution is 2.31. The average Bonchev–Trinajstić information content (AvgIpc) is 2.88. The maximum absolute atomic E-state index is 13.8. The summed E-state index contributed by atoms with van der Waals surface area (Å²) in [6.07, 6.45) is 0. The first-order chi connectivity index (χ1) is 11.0. The minimum Gasteiger partial charge on any atom is -0.505 e. The number of nitrogens with one attached hydrogen (secondary N) is 1. The van der Waals surface area contributed by atoms with Crippen molar-refractivity contribution in [3.63, 3.8) is 0 Å². The maximum atomic E-state index is 13.8. The van der Waals surface area contributed by atoms with Gasteiger partial charge in [-0.1, -0.05) is 30.3 Å². The van der Waals surface area contributed by atoms with Crippen molar-refractivity contribution < 1.29 is 23.4 Å². The third-order valence-electron chi connectivity index (χ3n) is 3.56. The number of aromatic hydroxyl groups is 1. The lowest BCUT2D eigenvalue weighted by molar-refractivity contribution is 0.0474. The summed E-state index contributed by atoms with van der Waals surface area (Å²) in [5.41, 5.74) is 1.04. The van der Waals surface area contributed by atoms with Crippen molar-refractivity contribution in [2.45, 2.75) is 13.5 Å². The smallest absolute Gasteiger partial charge is 0.340 e. The van der Waals surface area contributed by atoms with Crippen LogP contribution in [0.15, 0.2) is 36.4 Å². The summed E-state index contributed by atoms with van der Waals surface area (Å²) in [6, 6.07) is 10.1. The van der Waals surface area contributed by atoms with Crippen LogP contribution in [0.4, 0.5) is 8.78 Å². The number of aryl methyl sites for hydroxylation is 1. The van der Waals surface area contributed by atoms with Crippen molar-refractivity contribution in [1.82, 2.24) is 4.98 Å². The fourth-order valence-corrected chi connectivity index (χ4v) is 2.44. The topological polar surface area (TPSA) is 62.3 Å². The van der Waals surface area contributed by atoms with Gasteiger partial charge in [0.25, 0.3) is 0 Å². The molecule has 0 unspecified atom stereocenters. The molecule has 2 aromatic carbocycles. The van der Waals surface area contributed by atoms with Gasteiger partial charge in [0.05, 0.1) is 11.1 Å². The van der Waals surface area contributed by atoms with Crippen molar-refractivity contribution >= 4 is 16.9 Å². The van der Waals surface area contributed by atoms with E-state index in [1.807, 2.05) is 18.2 Å². The summed E-state index contributed by atoms with van der Waals surface area (Å²) in [6.45, 7) is 1.61. The Kier molecular flexibility index (Phi) is 3.73. The normalized spacial score (nSPS) is 10.9. The molecule has 23 heavy (non-hydrogen) atoms. The molecule has 3 rings (SSSR count). The van der Waals surface area contributed by atoms with Gasteiger partial charge in [-0.15, -0.1) is 0 Å². The monoisotopic (exact) mass is 317 g/mol. The molecule has 0 aliphatic rings. The number of esters is 1. The minimum absolute atomic E-state index is 0.0570. The molecule has 0 saturated carbocycles. The number of aromatic amines is 1. The first kappa shape index (κ1) is 15.0. The summed E-state index contributed by atoms with van der Waals surface area (Å²) in [5.74, 6) is -4.12. The quantitative estimate of drug-likeness (QED) is 0.722. The van der Waals surface area contributed by atoms with Crippen LogP contribution in [0.5, 0.6) is 5.75 Å². The van der Waals surface area contributed by atoms with Crippen molar-refractivity contribution in [1.29, 1.82) is 0 Å². The second kappa shape index (κ2) is 5.72. The number of carbonyl (C=O) groups is 1. The molecule has 6 heteroatoms. The van der Waals surface area contributed by atoms with Crippen LogP contribution in [0.3, 0.4) is 0 Å². The summed E-state index contributed by atoms with van der Waals surface area (Å²) < 4.78 is 32.5. The van der Waals surface area contributed by atoms with E-state index in [-0.39, 0.29) is 23.1 Å². The van der Waals surface area contributed by atoms with Crippen LogP contribution in [-0.2, 0) is 11.3 Å². The Hall–Kier alpha value is -2.89. The molecule has 0 saturated heterocycles. The Labute approximate surface area is 130 Å². The zero-order valence-corrected chi connectivity index (χ0v) is 12.2. The number of phenolic OH excluding ortho intramolecular Hbond substituents is 1. The minimum atomic E-state index is -1.36. The van der Waals surface area contributed by atoms with Crippen molar-refractivity contribution in [3.8, 4) is 5.75 Å². The number of phenols is 1. The molecule has 0 aliphatic heterocycles. The highest BCUT2D eigenvalue weighted by atomic mass is 19.2. The van der Waals surface area contributed by atoms with Crippen LogP contribution in [-0.4, -0.2) is 16.1 Å². The molecule has 0 amide bonds. The van der Waals surface area contributed by atoms with Crippen LogP contribution in [0.1, 0.15) is 21.6 Å². The number of ether oxygens (including phenoxy) is 1. The van der Waals surface area contributed by atoms with Crippen molar-refractivity contribution in [3.05, 3.63) is 64.9 Å². The Morgan fingerprint density at radius 2 is 1.91 bits per heavy atom. The fourth-order valence-electron chi connectivity index (χ4n) is 2.44. The molecular weight excluding hydrogens is 304 g/mol.